The lowest BCUT2D eigenvalue weighted by Crippen LogP contribution is -2.60. The molecule has 1 aromatic heterocycles. The number of carbonyl (C=O) groups excluding carboxylic acids is 2. The predicted molar refractivity (Wildman–Crippen MR) is 122 cm³/mol. The molecule has 34 heavy (non-hydrogen) atoms. The number of alkyl halides is 3. The van der Waals surface area contributed by atoms with Crippen molar-refractivity contribution >= 4 is 34.5 Å². The molecule has 2 N–H and O–H groups in total. The van der Waals surface area contributed by atoms with E-state index in [0.29, 0.717) is 37.8 Å². The summed E-state index contributed by atoms with van der Waals surface area (Å²) in [6.45, 7) is 6.98. The monoisotopic (exact) mass is 476 g/mol. The average molecular weight is 477 g/mol. The zero-order chi connectivity index (χ0) is 24.7. The van der Waals surface area contributed by atoms with Crippen molar-refractivity contribution in [3.63, 3.8) is 0 Å². The molecule has 2 aliphatic heterocycles. The average Bonchev–Trinajstić information content (AvgIpc) is 3.21. The van der Waals surface area contributed by atoms with Crippen LogP contribution in [0.3, 0.4) is 0 Å². The van der Waals surface area contributed by atoms with E-state index >= 15 is 0 Å². The van der Waals surface area contributed by atoms with Crippen LogP contribution in [-0.4, -0.2) is 72.6 Å². The van der Waals surface area contributed by atoms with Gasteiger partial charge < -0.3 is 20.4 Å². The third kappa shape index (κ3) is 4.64. The minimum Gasteiger partial charge on any atom is -0.369 e. The first-order valence-electron chi connectivity index (χ1n) is 11.0. The Morgan fingerprint density at radius 1 is 1.21 bits per heavy atom. The smallest absolute Gasteiger partial charge is 0.369 e. The first-order chi connectivity index (χ1) is 16.0. The van der Waals surface area contributed by atoms with E-state index in [2.05, 4.69) is 17.2 Å². The van der Waals surface area contributed by atoms with Gasteiger partial charge >= 0.3 is 6.18 Å². The van der Waals surface area contributed by atoms with Crippen LogP contribution in [-0.2, 0) is 9.59 Å². The molecule has 1 aromatic carbocycles. The molecule has 2 amide bonds. The highest BCUT2D eigenvalue weighted by molar-refractivity contribution is 5.95. The highest BCUT2D eigenvalue weighted by atomic mass is 19.4. The molecule has 2 fully saturated rings. The number of halogens is 3. The highest BCUT2D eigenvalue weighted by Crippen LogP contribution is 2.42. The first kappa shape index (κ1) is 23.8. The van der Waals surface area contributed by atoms with Crippen LogP contribution in [0.25, 0.3) is 10.9 Å². The van der Waals surface area contributed by atoms with Crippen molar-refractivity contribution in [1.29, 1.82) is 0 Å². The lowest BCUT2D eigenvalue weighted by Gasteiger charge is -2.48. The van der Waals surface area contributed by atoms with Gasteiger partial charge in [0, 0.05) is 57.0 Å². The van der Waals surface area contributed by atoms with Crippen LogP contribution in [0.1, 0.15) is 18.4 Å². The molecule has 2 aromatic rings. The van der Waals surface area contributed by atoms with E-state index < -0.39 is 17.7 Å². The topological polar surface area (TPSA) is 90.5 Å². The van der Waals surface area contributed by atoms with E-state index in [0.717, 1.165) is 22.9 Å². The number of fused-ring (bicyclic) bond motifs is 1. The Hall–Kier alpha value is -3.37. The van der Waals surface area contributed by atoms with Crippen molar-refractivity contribution in [3.05, 3.63) is 35.9 Å². The van der Waals surface area contributed by atoms with Gasteiger partial charge in [-0.3, -0.25) is 9.59 Å². The Morgan fingerprint density at radius 2 is 1.94 bits per heavy atom. The van der Waals surface area contributed by atoms with Gasteiger partial charge in [-0.05, 0) is 31.0 Å². The van der Waals surface area contributed by atoms with Crippen LogP contribution in [0.4, 0.5) is 24.9 Å². The van der Waals surface area contributed by atoms with Crippen molar-refractivity contribution < 1.29 is 22.8 Å². The molecular weight excluding hydrogens is 449 g/mol. The summed E-state index contributed by atoms with van der Waals surface area (Å²) in [7, 11) is 1.58. The molecule has 3 heterocycles. The molecule has 8 nitrogen and oxygen atoms in total. The Labute approximate surface area is 195 Å². The summed E-state index contributed by atoms with van der Waals surface area (Å²) >= 11 is 0. The molecule has 0 bridgehead atoms. The van der Waals surface area contributed by atoms with Gasteiger partial charge in [-0.2, -0.15) is 18.2 Å². The van der Waals surface area contributed by atoms with Crippen LogP contribution in [0, 0.1) is 12.3 Å². The number of rotatable bonds is 6. The zero-order valence-corrected chi connectivity index (χ0v) is 19.1. The van der Waals surface area contributed by atoms with Crippen molar-refractivity contribution in [2.75, 3.05) is 50.0 Å². The second-order valence-electron chi connectivity index (χ2n) is 9.05. The maximum atomic E-state index is 12.8. The normalized spacial score (nSPS) is 17.1. The van der Waals surface area contributed by atoms with Crippen LogP contribution < -0.4 is 15.5 Å². The molecule has 182 valence electrons. The molecule has 4 rings (SSSR count). The van der Waals surface area contributed by atoms with Crippen molar-refractivity contribution in [2.45, 2.75) is 25.9 Å². The minimum atomic E-state index is -4.72. The van der Waals surface area contributed by atoms with Gasteiger partial charge in [0.1, 0.15) is 11.4 Å². The Morgan fingerprint density at radius 3 is 2.62 bits per heavy atom. The maximum Gasteiger partial charge on any atom is 0.421 e. The quantitative estimate of drug-likeness (QED) is 0.623. The summed E-state index contributed by atoms with van der Waals surface area (Å²) in [6, 6.07) is 5.86. The minimum absolute atomic E-state index is 0.0827. The van der Waals surface area contributed by atoms with Crippen LogP contribution in [0.5, 0.6) is 0 Å². The van der Waals surface area contributed by atoms with Gasteiger partial charge in [0.25, 0.3) is 5.91 Å². The van der Waals surface area contributed by atoms with Gasteiger partial charge in [0.2, 0.25) is 11.9 Å². The molecule has 1 spiro atoms. The number of aryl methyl sites for hydroxylation is 1. The standard InChI is InChI=1S/C23H27F3N6O2/c1-14-4-5-16-17(10-14)29-21(30-19(16)28-8-6-18(33)27-3)31-9-7-22(11-31)12-32(13-22)20(34)15(2)23(24,25)26/h4-5,10H,2,6-9,11-13H2,1,3H3,(H,27,33)(H,28,29,30). The molecule has 2 saturated heterocycles. The van der Waals surface area contributed by atoms with Crippen LogP contribution >= 0.6 is 0 Å². The van der Waals surface area contributed by atoms with E-state index in [4.69, 9.17) is 9.97 Å². The lowest BCUT2D eigenvalue weighted by atomic mass is 9.78. The Kier molecular flexibility index (Phi) is 6.13. The third-order valence-corrected chi connectivity index (χ3v) is 6.43. The van der Waals surface area contributed by atoms with E-state index in [9.17, 15) is 22.8 Å². The molecule has 0 unspecified atom stereocenters. The number of benzene rings is 1. The number of hydrogen-bond acceptors (Lipinski definition) is 6. The van der Waals surface area contributed by atoms with Crippen molar-refractivity contribution in [3.8, 4) is 0 Å². The van der Waals surface area contributed by atoms with Crippen LogP contribution in [0.15, 0.2) is 30.4 Å². The molecule has 0 saturated carbocycles. The summed E-state index contributed by atoms with van der Waals surface area (Å²) in [5, 5.41) is 6.65. The summed E-state index contributed by atoms with van der Waals surface area (Å²) in [5.74, 6) is -0.00375. The van der Waals surface area contributed by atoms with E-state index in [-0.39, 0.29) is 24.4 Å². The summed E-state index contributed by atoms with van der Waals surface area (Å²) in [5.41, 5.74) is 0.196. The maximum absolute atomic E-state index is 12.8. The Balaban J connectivity index is 1.49. The zero-order valence-electron chi connectivity index (χ0n) is 19.1. The fourth-order valence-corrected chi connectivity index (χ4v) is 4.51. The molecule has 11 heteroatoms. The summed E-state index contributed by atoms with van der Waals surface area (Å²) in [4.78, 5) is 36.3. The lowest BCUT2D eigenvalue weighted by molar-refractivity contribution is -0.149. The number of amides is 2. The number of hydrogen-bond donors (Lipinski definition) is 2. The van der Waals surface area contributed by atoms with Crippen LogP contribution in [0.2, 0.25) is 0 Å². The number of nitrogens with one attached hydrogen (secondary N) is 2. The highest BCUT2D eigenvalue weighted by Gasteiger charge is 2.52. The van der Waals surface area contributed by atoms with Gasteiger partial charge in [0.05, 0.1) is 5.52 Å². The number of likely N-dealkylation sites (tertiary alicyclic amines) is 1. The number of nitrogens with zero attached hydrogens (tertiary/aromatic N) is 4. The predicted octanol–water partition coefficient (Wildman–Crippen LogP) is 2.64. The van der Waals surface area contributed by atoms with Gasteiger partial charge in [-0.25, -0.2) is 4.98 Å². The van der Waals surface area contributed by atoms with Crippen molar-refractivity contribution in [2.24, 2.45) is 5.41 Å². The van der Waals surface area contributed by atoms with Gasteiger partial charge in [-0.1, -0.05) is 12.6 Å². The second kappa shape index (κ2) is 8.77. The first-order valence-corrected chi connectivity index (χ1v) is 11.0. The SMILES string of the molecule is C=C(C(=O)N1CC2(CCN(c3nc(NCCC(=O)NC)c4ccc(C)cc4n3)C2)C1)C(F)(F)F. The summed E-state index contributed by atoms with van der Waals surface area (Å²) < 4.78 is 38.5. The largest absolute Gasteiger partial charge is 0.421 e. The number of aromatic nitrogens is 2. The van der Waals surface area contributed by atoms with Crippen molar-refractivity contribution in [1.82, 2.24) is 20.2 Å². The Bertz CT molecular complexity index is 1140. The third-order valence-electron chi connectivity index (χ3n) is 6.43. The molecular formula is C23H27F3N6O2. The molecule has 0 aliphatic carbocycles. The molecule has 0 radical (unpaired) electrons. The van der Waals surface area contributed by atoms with Gasteiger partial charge in [0.15, 0.2) is 0 Å². The van der Waals surface area contributed by atoms with E-state index in [1.165, 1.54) is 4.90 Å². The number of anilines is 2. The number of carbonyl (C=O) groups is 2. The second-order valence-corrected chi connectivity index (χ2v) is 9.05. The van der Waals surface area contributed by atoms with E-state index in [1.807, 2.05) is 30.0 Å². The summed E-state index contributed by atoms with van der Waals surface area (Å²) in [6.07, 6.45) is -3.70. The van der Waals surface area contributed by atoms with E-state index in [1.54, 1.807) is 7.05 Å². The van der Waals surface area contributed by atoms with Gasteiger partial charge in [-0.15, -0.1) is 0 Å². The fourth-order valence-electron chi connectivity index (χ4n) is 4.51. The molecule has 2 aliphatic rings. The fraction of sp³-hybridized carbons (Fsp3) is 0.478. The molecule has 0 atom stereocenters.